The first kappa shape index (κ1) is 20.6. The standard InChI is InChI=1S/C16H21ClN2O6/c1-5-24-13-10(17)6-9(7-11(13)23-4)15(21)25-12(8(2)3)14(20)19-16(18)22/h6-8,12H,5H2,1-4H3,(H3,18,19,20,22)/t12-/m1/s1. The number of urea groups is 1. The number of imide groups is 1. The maximum absolute atomic E-state index is 12.4. The second-order valence-electron chi connectivity index (χ2n) is 5.35. The summed E-state index contributed by atoms with van der Waals surface area (Å²) in [6, 6.07) is 1.71. The minimum atomic E-state index is -1.20. The number of hydrogen-bond donors (Lipinski definition) is 2. The Bertz CT molecular complexity index is 662. The second kappa shape index (κ2) is 9.12. The first-order valence-electron chi connectivity index (χ1n) is 7.52. The quantitative estimate of drug-likeness (QED) is 0.708. The molecule has 0 heterocycles. The molecule has 0 unspecified atom stereocenters. The van der Waals surface area contributed by atoms with Crippen molar-refractivity contribution in [3.63, 3.8) is 0 Å². The zero-order valence-electron chi connectivity index (χ0n) is 14.4. The van der Waals surface area contributed by atoms with Crippen LogP contribution in [0.3, 0.4) is 0 Å². The van der Waals surface area contributed by atoms with Gasteiger partial charge in [0, 0.05) is 0 Å². The zero-order valence-corrected chi connectivity index (χ0v) is 15.2. The van der Waals surface area contributed by atoms with E-state index in [1.54, 1.807) is 20.8 Å². The molecule has 1 atom stereocenters. The molecule has 3 amide bonds. The molecule has 3 N–H and O–H groups in total. The number of amides is 3. The number of carbonyl (C=O) groups excluding carboxylic acids is 3. The van der Waals surface area contributed by atoms with Gasteiger partial charge in [0.25, 0.3) is 5.91 Å². The third kappa shape index (κ3) is 5.53. The summed E-state index contributed by atoms with van der Waals surface area (Å²) in [6.45, 7) is 5.46. The molecule has 0 spiro atoms. The van der Waals surface area contributed by atoms with Crippen molar-refractivity contribution in [2.75, 3.05) is 13.7 Å². The van der Waals surface area contributed by atoms with E-state index in [1.165, 1.54) is 19.2 Å². The molecule has 0 aliphatic carbocycles. The highest BCUT2D eigenvalue weighted by molar-refractivity contribution is 6.32. The fraction of sp³-hybridized carbons (Fsp3) is 0.438. The molecule has 0 bridgehead atoms. The third-order valence-corrected chi connectivity index (χ3v) is 3.38. The minimum Gasteiger partial charge on any atom is -0.493 e. The topological polar surface area (TPSA) is 117 Å². The minimum absolute atomic E-state index is 0.0721. The lowest BCUT2D eigenvalue weighted by atomic mass is 10.1. The van der Waals surface area contributed by atoms with E-state index in [0.717, 1.165) is 0 Å². The largest absolute Gasteiger partial charge is 0.493 e. The van der Waals surface area contributed by atoms with Crippen molar-refractivity contribution in [2.24, 2.45) is 11.7 Å². The molecular weight excluding hydrogens is 352 g/mol. The average molecular weight is 373 g/mol. The van der Waals surface area contributed by atoms with Gasteiger partial charge in [-0.3, -0.25) is 10.1 Å². The molecule has 0 saturated carbocycles. The number of carbonyl (C=O) groups is 3. The van der Waals surface area contributed by atoms with Crippen molar-refractivity contribution in [1.82, 2.24) is 5.32 Å². The van der Waals surface area contributed by atoms with Crippen LogP contribution < -0.4 is 20.5 Å². The van der Waals surface area contributed by atoms with Gasteiger partial charge in [0.15, 0.2) is 17.6 Å². The Kier molecular flexibility index (Phi) is 7.50. The molecule has 1 aromatic rings. The Morgan fingerprint density at radius 2 is 1.92 bits per heavy atom. The lowest BCUT2D eigenvalue weighted by Crippen LogP contribution is -2.45. The van der Waals surface area contributed by atoms with Gasteiger partial charge in [-0.15, -0.1) is 0 Å². The average Bonchev–Trinajstić information content (AvgIpc) is 2.52. The van der Waals surface area contributed by atoms with Gasteiger partial charge in [0.1, 0.15) is 0 Å². The SMILES string of the molecule is CCOc1c(Cl)cc(C(=O)O[C@@H](C(=O)NC(N)=O)C(C)C)cc1OC. The Labute approximate surface area is 150 Å². The Hall–Kier alpha value is -2.48. The lowest BCUT2D eigenvalue weighted by molar-refractivity contribution is -0.130. The Morgan fingerprint density at radius 1 is 1.28 bits per heavy atom. The van der Waals surface area contributed by atoms with Crippen LogP contribution in [0.4, 0.5) is 4.79 Å². The van der Waals surface area contributed by atoms with E-state index in [0.29, 0.717) is 12.4 Å². The van der Waals surface area contributed by atoms with Crippen LogP contribution in [-0.2, 0) is 9.53 Å². The van der Waals surface area contributed by atoms with Gasteiger partial charge in [0.2, 0.25) is 0 Å². The number of nitrogens with one attached hydrogen (secondary N) is 1. The first-order valence-corrected chi connectivity index (χ1v) is 7.90. The zero-order chi connectivity index (χ0) is 19.1. The summed E-state index contributed by atoms with van der Waals surface area (Å²) in [5.74, 6) is -1.44. The number of benzene rings is 1. The van der Waals surface area contributed by atoms with Crippen molar-refractivity contribution in [3.05, 3.63) is 22.7 Å². The predicted octanol–water partition coefficient (Wildman–Crippen LogP) is 2.12. The van der Waals surface area contributed by atoms with Crippen LogP contribution in [0.5, 0.6) is 11.5 Å². The van der Waals surface area contributed by atoms with Crippen molar-refractivity contribution >= 4 is 29.5 Å². The van der Waals surface area contributed by atoms with Gasteiger partial charge >= 0.3 is 12.0 Å². The highest BCUT2D eigenvalue weighted by Gasteiger charge is 2.28. The van der Waals surface area contributed by atoms with Crippen LogP contribution in [0.15, 0.2) is 12.1 Å². The van der Waals surface area contributed by atoms with Crippen molar-refractivity contribution in [3.8, 4) is 11.5 Å². The smallest absolute Gasteiger partial charge is 0.339 e. The van der Waals surface area contributed by atoms with E-state index in [9.17, 15) is 14.4 Å². The third-order valence-electron chi connectivity index (χ3n) is 3.10. The van der Waals surface area contributed by atoms with Crippen molar-refractivity contribution in [1.29, 1.82) is 0 Å². The van der Waals surface area contributed by atoms with Gasteiger partial charge in [-0.25, -0.2) is 9.59 Å². The van der Waals surface area contributed by atoms with Gasteiger partial charge in [0.05, 0.1) is 24.3 Å². The molecule has 25 heavy (non-hydrogen) atoms. The first-order chi connectivity index (χ1) is 11.7. The van der Waals surface area contributed by atoms with Crippen LogP contribution in [0, 0.1) is 5.92 Å². The summed E-state index contributed by atoms with van der Waals surface area (Å²) < 4.78 is 15.7. The normalized spacial score (nSPS) is 11.6. The van der Waals surface area contributed by atoms with Crippen LogP contribution >= 0.6 is 11.6 Å². The van der Waals surface area contributed by atoms with E-state index >= 15 is 0 Å². The molecule has 1 rings (SSSR count). The van der Waals surface area contributed by atoms with Crippen LogP contribution in [0.25, 0.3) is 0 Å². The molecule has 1 aromatic carbocycles. The molecular formula is C16H21ClN2O6. The van der Waals surface area contributed by atoms with E-state index < -0.39 is 24.0 Å². The molecule has 0 aliphatic heterocycles. The summed E-state index contributed by atoms with van der Waals surface area (Å²) in [7, 11) is 1.40. The summed E-state index contributed by atoms with van der Waals surface area (Å²) in [4.78, 5) is 35.1. The number of esters is 1. The molecule has 0 aliphatic rings. The van der Waals surface area contributed by atoms with Crippen LogP contribution in [0.1, 0.15) is 31.1 Å². The summed E-state index contributed by atoms with van der Waals surface area (Å²) in [5.41, 5.74) is 4.99. The number of halogens is 1. The lowest BCUT2D eigenvalue weighted by Gasteiger charge is -2.20. The number of primary amides is 1. The summed E-state index contributed by atoms with van der Waals surface area (Å²) in [6.07, 6.45) is -1.20. The number of nitrogens with two attached hydrogens (primary N) is 1. The predicted molar refractivity (Wildman–Crippen MR) is 90.9 cm³/mol. The summed E-state index contributed by atoms with van der Waals surface area (Å²) in [5, 5.41) is 2.06. The van der Waals surface area contributed by atoms with Crippen LogP contribution in [0.2, 0.25) is 5.02 Å². The Morgan fingerprint density at radius 3 is 2.40 bits per heavy atom. The number of methoxy groups -OCH3 is 1. The number of rotatable bonds is 7. The van der Waals surface area contributed by atoms with E-state index in [4.69, 9.17) is 31.5 Å². The van der Waals surface area contributed by atoms with Gasteiger partial charge in [-0.05, 0) is 25.0 Å². The number of hydrogen-bond acceptors (Lipinski definition) is 6. The van der Waals surface area contributed by atoms with Crippen molar-refractivity contribution < 1.29 is 28.6 Å². The summed E-state index contributed by atoms with van der Waals surface area (Å²) >= 11 is 6.11. The molecule has 8 nitrogen and oxygen atoms in total. The maximum Gasteiger partial charge on any atom is 0.339 e. The Balaban J connectivity index is 3.07. The number of ether oxygens (including phenoxy) is 3. The van der Waals surface area contributed by atoms with Crippen LogP contribution in [-0.4, -0.2) is 37.7 Å². The van der Waals surface area contributed by atoms with Gasteiger partial charge in [-0.2, -0.15) is 0 Å². The van der Waals surface area contributed by atoms with E-state index in [-0.39, 0.29) is 22.3 Å². The highest BCUT2D eigenvalue weighted by atomic mass is 35.5. The highest BCUT2D eigenvalue weighted by Crippen LogP contribution is 2.36. The second-order valence-corrected chi connectivity index (χ2v) is 5.75. The molecule has 0 saturated heterocycles. The van der Waals surface area contributed by atoms with Gasteiger partial charge < -0.3 is 19.9 Å². The van der Waals surface area contributed by atoms with Crippen molar-refractivity contribution in [2.45, 2.75) is 26.9 Å². The van der Waals surface area contributed by atoms with E-state index in [1.807, 2.05) is 5.32 Å². The molecule has 0 fully saturated rings. The molecule has 0 aromatic heterocycles. The fourth-order valence-electron chi connectivity index (χ4n) is 1.99. The maximum atomic E-state index is 12.4. The van der Waals surface area contributed by atoms with E-state index in [2.05, 4.69) is 0 Å². The fourth-order valence-corrected chi connectivity index (χ4v) is 2.26. The monoisotopic (exact) mass is 372 g/mol. The molecule has 0 radical (unpaired) electrons. The molecule has 138 valence electrons. The van der Waals surface area contributed by atoms with Gasteiger partial charge in [-0.1, -0.05) is 25.4 Å². The molecule has 9 heteroatoms.